The first-order chi connectivity index (χ1) is 15.7. The van der Waals surface area contributed by atoms with Crippen molar-refractivity contribution >= 4 is 11.3 Å². The van der Waals surface area contributed by atoms with E-state index >= 15 is 0 Å². The van der Waals surface area contributed by atoms with Gasteiger partial charge in [0.05, 0.1) is 11.9 Å². The van der Waals surface area contributed by atoms with Gasteiger partial charge < -0.3 is 15.6 Å². The van der Waals surface area contributed by atoms with Gasteiger partial charge in [-0.1, -0.05) is 42.5 Å². The summed E-state index contributed by atoms with van der Waals surface area (Å²) in [6.45, 7) is 0.791. The SMILES string of the molecule is Nc1nc(-c2cccc(OCc3ccccc3)c2)cn2c1cnc2[C@H]1CC[C@H](CO)CC1. The van der Waals surface area contributed by atoms with E-state index in [4.69, 9.17) is 15.5 Å². The normalized spacial score (nSPS) is 18.7. The molecule has 0 unspecified atom stereocenters. The number of fused-ring (bicyclic) bond motifs is 1. The summed E-state index contributed by atoms with van der Waals surface area (Å²) in [4.78, 5) is 9.34. The lowest BCUT2D eigenvalue weighted by Crippen LogP contribution is -2.17. The van der Waals surface area contributed by atoms with Gasteiger partial charge in [0.2, 0.25) is 0 Å². The van der Waals surface area contributed by atoms with Crippen molar-refractivity contribution in [1.29, 1.82) is 0 Å². The predicted octanol–water partition coefficient (Wildman–Crippen LogP) is 4.82. The topological polar surface area (TPSA) is 85.7 Å². The number of hydrogen-bond donors (Lipinski definition) is 2. The van der Waals surface area contributed by atoms with Crippen LogP contribution in [0.3, 0.4) is 0 Å². The highest BCUT2D eigenvalue weighted by atomic mass is 16.5. The molecule has 1 aliphatic carbocycles. The Balaban J connectivity index is 1.42. The monoisotopic (exact) mass is 428 g/mol. The fourth-order valence-corrected chi connectivity index (χ4v) is 4.57. The number of rotatable bonds is 6. The molecular formula is C26H28N4O2. The van der Waals surface area contributed by atoms with E-state index in [-0.39, 0.29) is 6.61 Å². The van der Waals surface area contributed by atoms with Crippen molar-refractivity contribution in [2.45, 2.75) is 38.2 Å². The summed E-state index contributed by atoms with van der Waals surface area (Å²) in [6.07, 6.45) is 7.98. The van der Waals surface area contributed by atoms with Gasteiger partial charge in [-0.2, -0.15) is 0 Å². The number of benzene rings is 2. The molecule has 3 N–H and O–H groups in total. The molecular weight excluding hydrogens is 400 g/mol. The van der Waals surface area contributed by atoms with Gasteiger partial charge in [0.15, 0.2) is 0 Å². The van der Waals surface area contributed by atoms with Crippen LogP contribution in [0, 0.1) is 5.92 Å². The van der Waals surface area contributed by atoms with Gasteiger partial charge in [0, 0.05) is 24.3 Å². The number of anilines is 1. The van der Waals surface area contributed by atoms with Crippen molar-refractivity contribution < 1.29 is 9.84 Å². The van der Waals surface area contributed by atoms with Crippen LogP contribution < -0.4 is 10.5 Å². The van der Waals surface area contributed by atoms with Crippen molar-refractivity contribution in [1.82, 2.24) is 14.4 Å². The molecule has 0 aliphatic heterocycles. The van der Waals surface area contributed by atoms with Crippen LogP contribution in [0.15, 0.2) is 67.0 Å². The van der Waals surface area contributed by atoms with Crippen LogP contribution in [0.4, 0.5) is 5.82 Å². The van der Waals surface area contributed by atoms with Crippen LogP contribution in [0.25, 0.3) is 16.8 Å². The van der Waals surface area contributed by atoms with Gasteiger partial charge in [-0.25, -0.2) is 9.97 Å². The fourth-order valence-electron chi connectivity index (χ4n) is 4.57. The lowest BCUT2D eigenvalue weighted by Gasteiger charge is -2.26. The number of nitrogen functional groups attached to an aromatic ring is 1. The highest BCUT2D eigenvalue weighted by Gasteiger charge is 2.25. The molecule has 0 saturated heterocycles. The van der Waals surface area contributed by atoms with Gasteiger partial charge in [-0.15, -0.1) is 0 Å². The molecule has 1 aliphatic rings. The molecule has 0 bridgehead atoms. The Bertz CT molecular complexity index is 1200. The first-order valence-corrected chi connectivity index (χ1v) is 11.2. The summed E-state index contributed by atoms with van der Waals surface area (Å²) in [7, 11) is 0. The Morgan fingerprint density at radius 1 is 1.03 bits per heavy atom. The molecule has 2 heterocycles. The number of ether oxygens (including phenoxy) is 1. The Kier molecular flexibility index (Phi) is 5.77. The first-order valence-electron chi connectivity index (χ1n) is 11.2. The molecule has 1 saturated carbocycles. The molecule has 6 nitrogen and oxygen atoms in total. The lowest BCUT2D eigenvalue weighted by molar-refractivity contribution is 0.181. The maximum Gasteiger partial charge on any atom is 0.150 e. The van der Waals surface area contributed by atoms with Gasteiger partial charge in [0.1, 0.15) is 29.5 Å². The number of hydrogen-bond acceptors (Lipinski definition) is 5. The summed E-state index contributed by atoms with van der Waals surface area (Å²) >= 11 is 0. The van der Waals surface area contributed by atoms with Crippen LogP contribution in [0.2, 0.25) is 0 Å². The van der Waals surface area contributed by atoms with E-state index in [0.717, 1.165) is 59.6 Å². The number of aliphatic hydroxyl groups excluding tert-OH is 1. The van der Waals surface area contributed by atoms with Crippen molar-refractivity contribution in [3.05, 3.63) is 78.4 Å². The second-order valence-electron chi connectivity index (χ2n) is 8.59. The standard InChI is InChI=1S/C26H28N4O2/c27-25-24-14-28-26(20-11-9-18(16-31)10-12-20)30(24)15-23(29-25)21-7-4-8-22(13-21)32-17-19-5-2-1-3-6-19/h1-8,13-15,18,20,31H,9-12,16-17H2,(H2,27,29)/t18-,20-. The molecule has 0 spiro atoms. The summed E-state index contributed by atoms with van der Waals surface area (Å²) in [5, 5.41) is 9.45. The smallest absolute Gasteiger partial charge is 0.150 e. The maximum absolute atomic E-state index is 9.45. The highest BCUT2D eigenvalue weighted by molar-refractivity contribution is 5.71. The average molecular weight is 429 g/mol. The van der Waals surface area contributed by atoms with Crippen molar-refractivity contribution in [3.8, 4) is 17.0 Å². The number of nitrogens with zero attached hydrogens (tertiary/aromatic N) is 3. The van der Waals surface area contributed by atoms with Crippen LogP contribution in [-0.2, 0) is 6.61 Å². The molecule has 6 heteroatoms. The van der Waals surface area contributed by atoms with E-state index in [2.05, 4.69) is 21.5 Å². The van der Waals surface area contributed by atoms with Crippen LogP contribution in [-0.4, -0.2) is 26.1 Å². The van der Waals surface area contributed by atoms with Crippen LogP contribution >= 0.6 is 0 Å². The van der Waals surface area contributed by atoms with E-state index in [0.29, 0.717) is 24.3 Å². The van der Waals surface area contributed by atoms with Crippen LogP contribution in [0.5, 0.6) is 5.75 Å². The third-order valence-corrected chi connectivity index (χ3v) is 6.43. The molecule has 5 rings (SSSR count). The van der Waals surface area contributed by atoms with E-state index < -0.39 is 0 Å². The Morgan fingerprint density at radius 2 is 1.84 bits per heavy atom. The Morgan fingerprint density at radius 3 is 2.62 bits per heavy atom. The van der Waals surface area contributed by atoms with Gasteiger partial charge >= 0.3 is 0 Å². The van der Waals surface area contributed by atoms with Gasteiger partial charge in [0.25, 0.3) is 0 Å². The Hall–Kier alpha value is -3.38. The summed E-state index contributed by atoms with van der Waals surface area (Å²) in [5.41, 5.74) is 10.0. The zero-order valence-electron chi connectivity index (χ0n) is 18.0. The van der Waals surface area contributed by atoms with Gasteiger partial charge in [-0.05, 0) is 49.3 Å². The largest absolute Gasteiger partial charge is 0.489 e. The Labute approximate surface area is 187 Å². The fraction of sp³-hybridized carbons (Fsp3) is 0.308. The highest BCUT2D eigenvalue weighted by Crippen LogP contribution is 2.36. The first kappa shape index (κ1) is 20.5. The number of aromatic nitrogens is 3. The second-order valence-corrected chi connectivity index (χ2v) is 8.59. The summed E-state index contributed by atoms with van der Waals surface area (Å²) in [5.74, 6) is 3.08. The average Bonchev–Trinajstić information content (AvgIpc) is 3.28. The molecule has 1 fully saturated rings. The number of aliphatic hydroxyl groups is 1. The third kappa shape index (κ3) is 4.18. The second kappa shape index (κ2) is 9.01. The molecule has 0 amide bonds. The molecule has 0 atom stereocenters. The van der Waals surface area contributed by atoms with Gasteiger partial charge in [-0.3, -0.25) is 4.40 Å². The van der Waals surface area contributed by atoms with Crippen molar-refractivity contribution in [2.75, 3.05) is 12.3 Å². The van der Waals surface area contributed by atoms with Crippen molar-refractivity contribution in [2.24, 2.45) is 5.92 Å². The van der Waals surface area contributed by atoms with E-state index in [1.165, 1.54) is 0 Å². The molecule has 164 valence electrons. The lowest BCUT2D eigenvalue weighted by atomic mass is 9.82. The third-order valence-electron chi connectivity index (χ3n) is 6.43. The predicted molar refractivity (Wildman–Crippen MR) is 125 cm³/mol. The minimum Gasteiger partial charge on any atom is -0.489 e. The molecule has 4 aromatic rings. The zero-order chi connectivity index (χ0) is 21.9. The maximum atomic E-state index is 9.45. The van der Waals surface area contributed by atoms with E-state index in [9.17, 15) is 5.11 Å². The molecule has 0 radical (unpaired) electrons. The number of nitrogens with two attached hydrogens (primary N) is 1. The molecule has 2 aromatic carbocycles. The van der Waals surface area contributed by atoms with Crippen molar-refractivity contribution in [3.63, 3.8) is 0 Å². The number of imidazole rings is 1. The minimum atomic E-state index is 0.277. The molecule has 2 aromatic heterocycles. The molecule has 32 heavy (non-hydrogen) atoms. The quantitative estimate of drug-likeness (QED) is 0.460. The van der Waals surface area contributed by atoms with Crippen LogP contribution in [0.1, 0.15) is 43.0 Å². The summed E-state index contributed by atoms with van der Waals surface area (Å²) in [6, 6.07) is 18.1. The van der Waals surface area contributed by atoms with E-state index in [1.807, 2.05) is 54.9 Å². The van der Waals surface area contributed by atoms with E-state index in [1.54, 1.807) is 0 Å². The zero-order valence-corrected chi connectivity index (χ0v) is 18.0. The minimum absolute atomic E-state index is 0.277. The summed E-state index contributed by atoms with van der Waals surface area (Å²) < 4.78 is 8.09.